The van der Waals surface area contributed by atoms with Gasteiger partial charge in [0, 0.05) is 26.2 Å². The zero-order valence-electron chi connectivity index (χ0n) is 10.5. The van der Waals surface area contributed by atoms with Crippen molar-refractivity contribution < 1.29 is 9.90 Å². The van der Waals surface area contributed by atoms with Crippen molar-refractivity contribution in [3.63, 3.8) is 0 Å². The molecule has 0 radical (unpaired) electrons. The van der Waals surface area contributed by atoms with E-state index < -0.39 is 0 Å². The molecule has 1 aliphatic rings. The maximum absolute atomic E-state index is 12.2. The highest BCUT2D eigenvalue weighted by molar-refractivity contribution is 5.82. The normalized spacial score (nSPS) is 21.3. The summed E-state index contributed by atoms with van der Waals surface area (Å²) in [6.45, 7) is 7.68. The van der Waals surface area contributed by atoms with Gasteiger partial charge in [-0.1, -0.05) is 0 Å². The molecule has 0 aliphatic carbocycles. The van der Waals surface area contributed by atoms with Gasteiger partial charge in [-0.05, 0) is 39.7 Å². The minimum Gasteiger partial charge on any atom is -0.396 e. The second kappa shape index (κ2) is 6.86. The summed E-state index contributed by atoms with van der Waals surface area (Å²) in [5.41, 5.74) is 0. The highest BCUT2D eigenvalue weighted by Crippen LogP contribution is 2.19. The molecule has 1 amide bonds. The van der Waals surface area contributed by atoms with Crippen LogP contribution in [0, 0.1) is 0 Å². The first-order valence-electron chi connectivity index (χ1n) is 6.38. The molecule has 1 aliphatic heterocycles. The molecule has 1 saturated heterocycles. The molecule has 1 N–H and O–H groups in total. The molecule has 1 rings (SSSR count). The highest BCUT2D eigenvalue weighted by Gasteiger charge is 2.32. The monoisotopic (exact) mass is 228 g/mol. The van der Waals surface area contributed by atoms with Crippen molar-refractivity contribution in [2.45, 2.75) is 39.2 Å². The Morgan fingerprint density at radius 2 is 2.12 bits per heavy atom. The third-order valence-corrected chi connectivity index (χ3v) is 3.33. The van der Waals surface area contributed by atoms with Gasteiger partial charge in [-0.25, -0.2) is 0 Å². The third-order valence-electron chi connectivity index (χ3n) is 3.33. The topological polar surface area (TPSA) is 43.8 Å². The summed E-state index contributed by atoms with van der Waals surface area (Å²) >= 11 is 0. The van der Waals surface area contributed by atoms with Crippen molar-refractivity contribution in [1.29, 1.82) is 0 Å². The second-order valence-electron chi connectivity index (χ2n) is 4.28. The summed E-state index contributed by atoms with van der Waals surface area (Å²) < 4.78 is 0. The van der Waals surface area contributed by atoms with Crippen molar-refractivity contribution in [2.24, 2.45) is 0 Å². The van der Waals surface area contributed by atoms with Gasteiger partial charge >= 0.3 is 0 Å². The van der Waals surface area contributed by atoms with Gasteiger partial charge in [0.1, 0.15) is 0 Å². The van der Waals surface area contributed by atoms with Crippen LogP contribution in [-0.4, -0.2) is 59.6 Å². The van der Waals surface area contributed by atoms with E-state index in [-0.39, 0.29) is 18.6 Å². The molecular formula is C12H24N2O2. The van der Waals surface area contributed by atoms with Gasteiger partial charge in [-0.2, -0.15) is 0 Å². The molecule has 4 nitrogen and oxygen atoms in total. The molecule has 1 atom stereocenters. The SMILES string of the molecule is CCN(CC)C(=O)[C@@H]1CCCN1CCCO. The van der Waals surface area contributed by atoms with E-state index in [9.17, 15) is 4.79 Å². The van der Waals surface area contributed by atoms with Crippen LogP contribution in [0.15, 0.2) is 0 Å². The van der Waals surface area contributed by atoms with Crippen molar-refractivity contribution in [3.05, 3.63) is 0 Å². The van der Waals surface area contributed by atoms with Gasteiger partial charge in [0.2, 0.25) is 5.91 Å². The Morgan fingerprint density at radius 3 is 2.69 bits per heavy atom. The predicted molar refractivity (Wildman–Crippen MR) is 64.2 cm³/mol. The van der Waals surface area contributed by atoms with Gasteiger partial charge in [0.25, 0.3) is 0 Å². The summed E-state index contributed by atoms with van der Waals surface area (Å²) in [6, 6.07) is 0.0615. The Balaban J connectivity index is 2.52. The molecule has 1 fully saturated rings. The Hall–Kier alpha value is -0.610. The number of likely N-dealkylation sites (tertiary alicyclic amines) is 1. The van der Waals surface area contributed by atoms with Crippen molar-refractivity contribution >= 4 is 5.91 Å². The predicted octanol–water partition coefficient (Wildman–Crippen LogP) is 0.702. The van der Waals surface area contributed by atoms with Crippen LogP contribution in [0.4, 0.5) is 0 Å². The molecule has 16 heavy (non-hydrogen) atoms. The molecule has 94 valence electrons. The Bertz CT molecular complexity index is 217. The largest absolute Gasteiger partial charge is 0.396 e. The highest BCUT2D eigenvalue weighted by atomic mass is 16.3. The maximum atomic E-state index is 12.2. The number of aliphatic hydroxyl groups excluding tert-OH is 1. The van der Waals surface area contributed by atoms with Crippen molar-refractivity contribution in [3.8, 4) is 0 Å². The molecule has 0 aromatic carbocycles. The average molecular weight is 228 g/mol. The van der Waals surface area contributed by atoms with Crippen LogP contribution in [0.2, 0.25) is 0 Å². The molecule has 1 heterocycles. The van der Waals surface area contributed by atoms with Crippen LogP contribution in [-0.2, 0) is 4.79 Å². The maximum Gasteiger partial charge on any atom is 0.239 e. The number of aliphatic hydroxyl groups is 1. The average Bonchev–Trinajstić information content (AvgIpc) is 2.75. The van der Waals surface area contributed by atoms with Crippen LogP contribution in [0.3, 0.4) is 0 Å². The Morgan fingerprint density at radius 1 is 1.44 bits per heavy atom. The molecule has 0 unspecified atom stereocenters. The first-order valence-corrected chi connectivity index (χ1v) is 6.38. The number of carbonyl (C=O) groups excluding carboxylic acids is 1. The number of rotatable bonds is 6. The fourth-order valence-corrected chi connectivity index (χ4v) is 2.39. The van der Waals surface area contributed by atoms with Gasteiger partial charge < -0.3 is 10.0 Å². The summed E-state index contributed by atoms with van der Waals surface area (Å²) in [4.78, 5) is 16.3. The van der Waals surface area contributed by atoms with Crippen molar-refractivity contribution in [2.75, 3.05) is 32.8 Å². The number of amides is 1. The molecule has 0 aromatic heterocycles. The lowest BCUT2D eigenvalue weighted by Gasteiger charge is -2.28. The van der Waals surface area contributed by atoms with E-state index in [1.807, 2.05) is 18.7 Å². The fourth-order valence-electron chi connectivity index (χ4n) is 2.39. The summed E-state index contributed by atoms with van der Waals surface area (Å²) in [7, 11) is 0. The minimum absolute atomic E-state index is 0.0615. The molecule has 0 saturated carbocycles. The van der Waals surface area contributed by atoms with Gasteiger partial charge in [0.05, 0.1) is 6.04 Å². The lowest BCUT2D eigenvalue weighted by atomic mass is 10.2. The number of likely N-dealkylation sites (N-methyl/N-ethyl adjacent to an activating group) is 1. The number of hydrogen-bond acceptors (Lipinski definition) is 3. The summed E-state index contributed by atoms with van der Waals surface area (Å²) in [5, 5.41) is 8.83. The minimum atomic E-state index is 0.0615. The summed E-state index contributed by atoms with van der Waals surface area (Å²) in [6.07, 6.45) is 2.84. The van der Waals surface area contributed by atoms with E-state index in [0.29, 0.717) is 0 Å². The first kappa shape index (κ1) is 13.5. The smallest absolute Gasteiger partial charge is 0.239 e. The van der Waals surface area contributed by atoms with Gasteiger partial charge in [0.15, 0.2) is 0 Å². The Kier molecular flexibility index (Phi) is 5.77. The molecular weight excluding hydrogens is 204 g/mol. The van der Waals surface area contributed by atoms with E-state index >= 15 is 0 Å². The fraction of sp³-hybridized carbons (Fsp3) is 0.917. The lowest BCUT2D eigenvalue weighted by Crippen LogP contribution is -2.45. The van der Waals surface area contributed by atoms with Gasteiger partial charge in [-0.3, -0.25) is 9.69 Å². The van der Waals surface area contributed by atoms with Crippen LogP contribution in [0.1, 0.15) is 33.1 Å². The van der Waals surface area contributed by atoms with Crippen LogP contribution < -0.4 is 0 Å². The van der Waals surface area contributed by atoms with E-state index in [2.05, 4.69) is 4.90 Å². The van der Waals surface area contributed by atoms with Gasteiger partial charge in [-0.15, -0.1) is 0 Å². The zero-order chi connectivity index (χ0) is 12.0. The zero-order valence-corrected chi connectivity index (χ0v) is 10.5. The number of nitrogens with zero attached hydrogens (tertiary/aromatic N) is 2. The van der Waals surface area contributed by atoms with Crippen molar-refractivity contribution in [1.82, 2.24) is 9.80 Å². The van der Waals surface area contributed by atoms with E-state index in [4.69, 9.17) is 5.11 Å². The number of carbonyl (C=O) groups is 1. The standard InChI is InChI=1S/C12H24N2O2/c1-3-13(4-2)12(16)11-7-5-8-14(11)9-6-10-15/h11,15H,3-10H2,1-2H3/t11-/m0/s1. The van der Waals surface area contributed by atoms with Crippen LogP contribution in [0.5, 0.6) is 0 Å². The second-order valence-corrected chi connectivity index (χ2v) is 4.28. The quantitative estimate of drug-likeness (QED) is 0.728. The molecule has 0 spiro atoms. The number of hydrogen-bond donors (Lipinski definition) is 1. The van der Waals surface area contributed by atoms with Crippen LogP contribution >= 0.6 is 0 Å². The van der Waals surface area contributed by atoms with Crippen LogP contribution in [0.25, 0.3) is 0 Å². The lowest BCUT2D eigenvalue weighted by molar-refractivity contribution is -0.135. The molecule has 4 heteroatoms. The molecule has 0 aromatic rings. The van der Waals surface area contributed by atoms with E-state index in [0.717, 1.165) is 45.4 Å². The van der Waals surface area contributed by atoms with E-state index in [1.165, 1.54) is 0 Å². The van der Waals surface area contributed by atoms with E-state index in [1.54, 1.807) is 0 Å². The molecule has 0 bridgehead atoms. The first-order chi connectivity index (χ1) is 7.74. The Labute approximate surface area is 98.2 Å². The summed E-state index contributed by atoms with van der Waals surface area (Å²) in [5.74, 6) is 0.264. The third kappa shape index (κ3) is 3.19.